The number of carbonyl (C=O) groups is 1. The molecule has 2 N–H and O–H groups in total. The molecule has 0 saturated heterocycles. The average Bonchev–Trinajstić information content (AvgIpc) is 2.39. The summed E-state index contributed by atoms with van der Waals surface area (Å²) in [4.78, 5) is 11.7. The van der Waals surface area contributed by atoms with Crippen LogP contribution in [0, 0.1) is 11.6 Å². The number of benzene rings is 2. The topological polar surface area (TPSA) is 52.3 Å². The highest BCUT2D eigenvalue weighted by atomic mass is 19.1. The highest BCUT2D eigenvalue weighted by molar-refractivity contribution is 5.90. The van der Waals surface area contributed by atoms with Crippen molar-refractivity contribution in [2.24, 2.45) is 0 Å². The van der Waals surface area contributed by atoms with Gasteiger partial charge in [0.05, 0.1) is 5.56 Å². The molecule has 5 heteroatoms. The van der Waals surface area contributed by atoms with E-state index in [2.05, 4.69) is 0 Å². The lowest BCUT2D eigenvalue weighted by atomic mass is 10.2. The van der Waals surface area contributed by atoms with Gasteiger partial charge < -0.3 is 10.5 Å². The Kier molecular flexibility index (Phi) is 3.75. The molecule has 2 rings (SSSR count). The second-order valence-electron chi connectivity index (χ2n) is 3.95. The predicted molar refractivity (Wildman–Crippen MR) is 66.3 cm³/mol. The fourth-order valence-corrected chi connectivity index (χ4v) is 1.55. The lowest BCUT2D eigenvalue weighted by molar-refractivity contribution is 0.0467. The molecule has 0 aliphatic carbocycles. The summed E-state index contributed by atoms with van der Waals surface area (Å²) in [6, 6.07) is 9.26. The van der Waals surface area contributed by atoms with E-state index in [9.17, 15) is 13.6 Å². The lowest BCUT2D eigenvalue weighted by Crippen LogP contribution is -2.08. The third kappa shape index (κ3) is 3.28. The fourth-order valence-electron chi connectivity index (χ4n) is 1.55. The van der Waals surface area contributed by atoms with Crippen molar-refractivity contribution in [2.45, 2.75) is 6.61 Å². The van der Waals surface area contributed by atoms with Gasteiger partial charge in [-0.15, -0.1) is 0 Å². The van der Waals surface area contributed by atoms with Gasteiger partial charge in [0.15, 0.2) is 0 Å². The zero-order chi connectivity index (χ0) is 13.8. The van der Waals surface area contributed by atoms with Crippen molar-refractivity contribution in [3.05, 3.63) is 65.2 Å². The predicted octanol–water partition coefficient (Wildman–Crippen LogP) is 2.90. The van der Waals surface area contributed by atoms with Crippen molar-refractivity contribution in [3.63, 3.8) is 0 Å². The molecule has 0 radical (unpaired) electrons. The van der Waals surface area contributed by atoms with Crippen molar-refractivity contribution < 1.29 is 18.3 Å². The first-order chi connectivity index (χ1) is 9.06. The van der Waals surface area contributed by atoms with E-state index in [1.54, 1.807) is 6.07 Å². The zero-order valence-corrected chi connectivity index (χ0v) is 9.90. The summed E-state index contributed by atoms with van der Waals surface area (Å²) in [7, 11) is 0. The molecule has 0 aliphatic rings. The molecular weight excluding hydrogens is 252 g/mol. The Balaban J connectivity index is 2.07. The molecule has 0 aliphatic heterocycles. The van der Waals surface area contributed by atoms with Crippen molar-refractivity contribution in [3.8, 4) is 0 Å². The van der Waals surface area contributed by atoms with Gasteiger partial charge in [0, 0.05) is 5.69 Å². The Bertz CT molecular complexity index is 614. The van der Waals surface area contributed by atoms with Crippen molar-refractivity contribution in [1.82, 2.24) is 0 Å². The summed E-state index contributed by atoms with van der Waals surface area (Å²) in [5, 5.41) is 0. The van der Waals surface area contributed by atoms with Crippen LogP contribution in [0.4, 0.5) is 14.5 Å². The number of nitrogens with two attached hydrogens (primary N) is 1. The third-order valence-electron chi connectivity index (χ3n) is 2.47. The van der Waals surface area contributed by atoms with Gasteiger partial charge in [0.1, 0.15) is 18.2 Å². The van der Waals surface area contributed by atoms with Gasteiger partial charge in [-0.2, -0.15) is 0 Å². The quantitative estimate of drug-likeness (QED) is 0.684. The Morgan fingerprint density at radius 3 is 2.68 bits per heavy atom. The van der Waals surface area contributed by atoms with E-state index in [1.807, 2.05) is 0 Å². The molecule has 0 spiro atoms. The van der Waals surface area contributed by atoms with Crippen LogP contribution in [0.3, 0.4) is 0 Å². The zero-order valence-electron chi connectivity index (χ0n) is 9.90. The number of nitrogen functional groups attached to an aromatic ring is 1. The molecule has 0 fully saturated rings. The summed E-state index contributed by atoms with van der Waals surface area (Å²) in [6.07, 6.45) is 0. The molecular formula is C14H11F2NO2. The highest BCUT2D eigenvalue weighted by Crippen LogP contribution is 2.14. The van der Waals surface area contributed by atoms with E-state index in [0.717, 1.165) is 6.07 Å². The molecule has 0 saturated carbocycles. The van der Waals surface area contributed by atoms with Crippen molar-refractivity contribution in [2.75, 3.05) is 5.73 Å². The summed E-state index contributed by atoms with van der Waals surface area (Å²) < 4.78 is 31.2. The largest absolute Gasteiger partial charge is 0.457 e. The van der Waals surface area contributed by atoms with Crippen LogP contribution in [0.1, 0.15) is 15.9 Å². The maximum atomic E-state index is 13.4. The number of ether oxygens (including phenoxy) is 1. The molecule has 19 heavy (non-hydrogen) atoms. The monoisotopic (exact) mass is 263 g/mol. The Morgan fingerprint density at radius 2 is 1.95 bits per heavy atom. The summed E-state index contributed by atoms with van der Waals surface area (Å²) >= 11 is 0. The summed E-state index contributed by atoms with van der Waals surface area (Å²) in [6.45, 7) is -0.134. The number of esters is 1. The fraction of sp³-hybridized carbons (Fsp3) is 0.0714. The van der Waals surface area contributed by atoms with E-state index in [1.165, 1.54) is 30.3 Å². The molecule has 2 aromatic carbocycles. The van der Waals surface area contributed by atoms with E-state index < -0.39 is 17.6 Å². The first kappa shape index (κ1) is 13.0. The number of hydrogen-bond acceptors (Lipinski definition) is 3. The van der Waals surface area contributed by atoms with Crippen molar-refractivity contribution >= 4 is 11.7 Å². The van der Waals surface area contributed by atoms with Gasteiger partial charge in [-0.3, -0.25) is 0 Å². The van der Waals surface area contributed by atoms with Crippen LogP contribution in [-0.2, 0) is 11.3 Å². The van der Waals surface area contributed by atoms with Gasteiger partial charge in [-0.1, -0.05) is 12.1 Å². The Morgan fingerprint density at radius 1 is 1.16 bits per heavy atom. The Hall–Kier alpha value is -2.43. The number of anilines is 1. The SMILES string of the molecule is Nc1ccc(F)c(C(=O)OCc2cccc(F)c2)c1. The van der Waals surface area contributed by atoms with Crippen LogP contribution in [0.25, 0.3) is 0 Å². The number of rotatable bonds is 3. The van der Waals surface area contributed by atoms with Crippen LogP contribution < -0.4 is 5.73 Å². The second kappa shape index (κ2) is 5.48. The smallest absolute Gasteiger partial charge is 0.341 e. The van der Waals surface area contributed by atoms with Crippen LogP contribution >= 0.6 is 0 Å². The van der Waals surface area contributed by atoms with E-state index in [0.29, 0.717) is 5.56 Å². The van der Waals surface area contributed by atoms with Crippen molar-refractivity contribution in [1.29, 1.82) is 0 Å². The maximum absolute atomic E-state index is 13.4. The minimum absolute atomic E-state index is 0.134. The normalized spacial score (nSPS) is 10.2. The molecule has 0 heterocycles. The van der Waals surface area contributed by atoms with Gasteiger partial charge in [-0.05, 0) is 35.9 Å². The third-order valence-corrected chi connectivity index (χ3v) is 2.47. The molecule has 3 nitrogen and oxygen atoms in total. The molecule has 98 valence electrons. The summed E-state index contributed by atoms with van der Waals surface area (Å²) in [5.41, 5.74) is 5.98. The number of carbonyl (C=O) groups excluding carboxylic acids is 1. The number of hydrogen-bond donors (Lipinski definition) is 1. The van der Waals surface area contributed by atoms with Gasteiger partial charge in [0.25, 0.3) is 0 Å². The van der Waals surface area contributed by atoms with Crippen LogP contribution in [0.15, 0.2) is 42.5 Å². The van der Waals surface area contributed by atoms with E-state index in [-0.39, 0.29) is 17.9 Å². The standard InChI is InChI=1S/C14H11F2NO2/c15-10-3-1-2-9(6-10)8-19-14(18)12-7-11(17)4-5-13(12)16/h1-7H,8,17H2. The van der Waals surface area contributed by atoms with E-state index >= 15 is 0 Å². The summed E-state index contributed by atoms with van der Waals surface area (Å²) in [5.74, 6) is -1.98. The molecule has 0 aromatic heterocycles. The van der Waals surface area contributed by atoms with Gasteiger partial charge in [0.2, 0.25) is 0 Å². The molecule has 2 aromatic rings. The van der Waals surface area contributed by atoms with Crippen LogP contribution in [0.5, 0.6) is 0 Å². The minimum atomic E-state index is -0.839. The lowest BCUT2D eigenvalue weighted by Gasteiger charge is -2.06. The number of halogens is 2. The first-order valence-corrected chi connectivity index (χ1v) is 5.53. The van der Waals surface area contributed by atoms with Gasteiger partial charge in [-0.25, -0.2) is 13.6 Å². The maximum Gasteiger partial charge on any atom is 0.341 e. The molecule has 0 unspecified atom stereocenters. The van der Waals surface area contributed by atoms with Crippen LogP contribution in [-0.4, -0.2) is 5.97 Å². The Labute approximate surface area is 108 Å². The molecule has 0 atom stereocenters. The van der Waals surface area contributed by atoms with E-state index in [4.69, 9.17) is 10.5 Å². The second-order valence-corrected chi connectivity index (χ2v) is 3.95. The minimum Gasteiger partial charge on any atom is -0.457 e. The van der Waals surface area contributed by atoms with Gasteiger partial charge >= 0.3 is 5.97 Å². The van der Waals surface area contributed by atoms with Crippen LogP contribution in [0.2, 0.25) is 0 Å². The highest BCUT2D eigenvalue weighted by Gasteiger charge is 2.13. The molecule has 0 bridgehead atoms. The molecule has 0 amide bonds. The first-order valence-electron chi connectivity index (χ1n) is 5.53. The average molecular weight is 263 g/mol.